The number of nitrogens with one attached hydrogen (secondary N) is 1. The van der Waals surface area contributed by atoms with E-state index in [-0.39, 0.29) is 12.0 Å². The highest BCUT2D eigenvalue weighted by Gasteiger charge is 2.30. The van der Waals surface area contributed by atoms with Gasteiger partial charge in [-0.15, -0.1) is 0 Å². The molecule has 1 aliphatic heterocycles. The average Bonchev–Trinajstić information content (AvgIpc) is 3.19. The van der Waals surface area contributed by atoms with Gasteiger partial charge in [0.15, 0.2) is 5.82 Å². The van der Waals surface area contributed by atoms with E-state index in [2.05, 4.69) is 15.4 Å². The number of aromatic nitrogens is 3. The van der Waals surface area contributed by atoms with Gasteiger partial charge < -0.3 is 15.8 Å². The van der Waals surface area contributed by atoms with Crippen molar-refractivity contribution in [2.45, 2.75) is 25.0 Å². The van der Waals surface area contributed by atoms with Gasteiger partial charge in [0, 0.05) is 25.1 Å². The van der Waals surface area contributed by atoms with Crippen molar-refractivity contribution in [1.82, 2.24) is 14.8 Å². The van der Waals surface area contributed by atoms with E-state index >= 15 is 0 Å². The lowest BCUT2D eigenvalue weighted by molar-refractivity contribution is -0.126. The minimum Gasteiger partial charge on any atom is -0.364 e. The Hall–Kier alpha value is -2.25. The SMILES string of the molecule is NCC1CCC(C(=O)Nc2cccnc2-n2cccn2)O1. The molecule has 110 valence electrons. The summed E-state index contributed by atoms with van der Waals surface area (Å²) in [6.45, 7) is 0.440. The average molecular weight is 287 g/mol. The van der Waals surface area contributed by atoms with Crippen LogP contribution < -0.4 is 11.1 Å². The Morgan fingerprint density at radius 1 is 1.43 bits per heavy atom. The fourth-order valence-corrected chi connectivity index (χ4v) is 2.36. The number of ether oxygens (including phenoxy) is 1. The number of pyridine rings is 1. The molecule has 1 fully saturated rings. The molecule has 0 radical (unpaired) electrons. The molecule has 0 saturated carbocycles. The second kappa shape index (κ2) is 6.02. The molecule has 21 heavy (non-hydrogen) atoms. The molecule has 0 aliphatic carbocycles. The lowest BCUT2D eigenvalue weighted by atomic mass is 10.2. The first kappa shape index (κ1) is 13.7. The molecule has 1 saturated heterocycles. The van der Waals surface area contributed by atoms with Gasteiger partial charge in [-0.3, -0.25) is 4.79 Å². The molecule has 0 aromatic carbocycles. The Labute approximate surface area is 122 Å². The standard InChI is InChI=1S/C14H17N5O2/c15-9-10-4-5-12(21-10)14(20)18-11-3-1-6-16-13(11)19-8-2-7-17-19/h1-3,6-8,10,12H,4-5,9,15H2,(H,18,20). The van der Waals surface area contributed by atoms with E-state index in [4.69, 9.17) is 10.5 Å². The predicted molar refractivity (Wildman–Crippen MR) is 76.9 cm³/mol. The molecule has 3 heterocycles. The third-order valence-electron chi connectivity index (χ3n) is 3.43. The summed E-state index contributed by atoms with van der Waals surface area (Å²) in [6, 6.07) is 5.35. The third kappa shape index (κ3) is 2.93. The van der Waals surface area contributed by atoms with Gasteiger partial charge in [-0.05, 0) is 31.0 Å². The van der Waals surface area contributed by atoms with Crippen LogP contribution in [0.15, 0.2) is 36.8 Å². The summed E-state index contributed by atoms with van der Waals surface area (Å²) in [5.41, 5.74) is 6.16. The van der Waals surface area contributed by atoms with Crippen molar-refractivity contribution in [3.63, 3.8) is 0 Å². The topological polar surface area (TPSA) is 95.1 Å². The van der Waals surface area contributed by atoms with Gasteiger partial charge in [-0.25, -0.2) is 9.67 Å². The maximum absolute atomic E-state index is 12.3. The van der Waals surface area contributed by atoms with Gasteiger partial charge in [0.2, 0.25) is 0 Å². The second-order valence-corrected chi connectivity index (χ2v) is 4.87. The molecule has 3 N–H and O–H groups in total. The van der Waals surface area contributed by atoms with E-state index in [9.17, 15) is 4.79 Å². The van der Waals surface area contributed by atoms with E-state index in [1.165, 1.54) is 0 Å². The van der Waals surface area contributed by atoms with Gasteiger partial charge in [0.1, 0.15) is 6.10 Å². The van der Waals surface area contributed by atoms with Crippen molar-refractivity contribution >= 4 is 11.6 Å². The Morgan fingerprint density at radius 2 is 2.33 bits per heavy atom. The quantitative estimate of drug-likeness (QED) is 0.863. The van der Waals surface area contributed by atoms with E-state index in [1.54, 1.807) is 41.5 Å². The Kier molecular flexibility index (Phi) is 3.94. The van der Waals surface area contributed by atoms with Crippen LogP contribution >= 0.6 is 0 Å². The van der Waals surface area contributed by atoms with E-state index < -0.39 is 6.10 Å². The first-order valence-corrected chi connectivity index (χ1v) is 6.89. The molecular weight excluding hydrogens is 270 g/mol. The minimum atomic E-state index is -0.454. The van der Waals surface area contributed by atoms with Crippen LogP contribution in [0.25, 0.3) is 5.82 Å². The third-order valence-corrected chi connectivity index (χ3v) is 3.43. The molecular formula is C14H17N5O2. The summed E-state index contributed by atoms with van der Waals surface area (Å²) in [5, 5.41) is 6.99. The molecule has 2 aromatic heterocycles. The van der Waals surface area contributed by atoms with E-state index in [0.29, 0.717) is 24.5 Å². The highest BCUT2D eigenvalue weighted by molar-refractivity contribution is 5.95. The van der Waals surface area contributed by atoms with Gasteiger partial charge in [-0.1, -0.05) is 0 Å². The zero-order chi connectivity index (χ0) is 14.7. The van der Waals surface area contributed by atoms with Crippen LogP contribution in [-0.2, 0) is 9.53 Å². The maximum Gasteiger partial charge on any atom is 0.253 e. The highest BCUT2D eigenvalue weighted by atomic mass is 16.5. The molecule has 0 bridgehead atoms. The molecule has 1 aliphatic rings. The fourth-order valence-electron chi connectivity index (χ4n) is 2.36. The molecule has 7 nitrogen and oxygen atoms in total. The lowest BCUT2D eigenvalue weighted by Gasteiger charge is -2.14. The van der Waals surface area contributed by atoms with Crippen molar-refractivity contribution in [2.24, 2.45) is 5.73 Å². The summed E-state index contributed by atoms with van der Waals surface area (Å²) >= 11 is 0. The first-order valence-electron chi connectivity index (χ1n) is 6.89. The lowest BCUT2D eigenvalue weighted by Crippen LogP contribution is -2.30. The predicted octanol–water partition coefficient (Wildman–Crippen LogP) is 0.712. The van der Waals surface area contributed by atoms with Crippen molar-refractivity contribution < 1.29 is 9.53 Å². The fraction of sp³-hybridized carbons (Fsp3) is 0.357. The number of anilines is 1. The Morgan fingerprint density at radius 3 is 3.05 bits per heavy atom. The number of hydrogen-bond donors (Lipinski definition) is 2. The zero-order valence-electron chi connectivity index (χ0n) is 11.5. The molecule has 0 spiro atoms. The van der Waals surface area contributed by atoms with Crippen molar-refractivity contribution in [3.8, 4) is 5.82 Å². The van der Waals surface area contributed by atoms with Gasteiger partial charge >= 0.3 is 0 Å². The first-order chi connectivity index (χ1) is 10.3. The van der Waals surface area contributed by atoms with Crippen LogP contribution in [0.3, 0.4) is 0 Å². The van der Waals surface area contributed by atoms with Crippen LogP contribution in [0.5, 0.6) is 0 Å². The second-order valence-electron chi connectivity index (χ2n) is 4.87. The molecule has 7 heteroatoms. The van der Waals surface area contributed by atoms with Gasteiger partial charge in [0.05, 0.1) is 11.8 Å². The summed E-state index contributed by atoms with van der Waals surface area (Å²) in [6.07, 6.45) is 6.10. The number of nitrogens with two attached hydrogens (primary N) is 1. The summed E-state index contributed by atoms with van der Waals surface area (Å²) < 4.78 is 7.20. The Balaban J connectivity index is 1.75. The van der Waals surface area contributed by atoms with Crippen LogP contribution in [-0.4, -0.2) is 39.4 Å². The van der Waals surface area contributed by atoms with Crippen molar-refractivity contribution in [1.29, 1.82) is 0 Å². The molecule has 1 amide bonds. The molecule has 2 atom stereocenters. The van der Waals surface area contributed by atoms with Crippen LogP contribution in [0.1, 0.15) is 12.8 Å². The van der Waals surface area contributed by atoms with Crippen molar-refractivity contribution in [3.05, 3.63) is 36.8 Å². The number of hydrogen-bond acceptors (Lipinski definition) is 5. The van der Waals surface area contributed by atoms with Gasteiger partial charge in [0.25, 0.3) is 5.91 Å². The van der Waals surface area contributed by atoms with E-state index in [0.717, 1.165) is 6.42 Å². The number of carbonyl (C=O) groups is 1. The number of carbonyl (C=O) groups excluding carboxylic acids is 1. The number of nitrogens with zero attached hydrogens (tertiary/aromatic N) is 3. The normalized spacial score (nSPS) is 21.4. The monoisotopic (exact) mass is 287 g/mol. The molecule has 2 aromatic rings. The summed E-state index contributed by atoms with van der Waals surface area (Å²) in [7, 11) is 0. The Bertz CT molecular complexity index is 614. The number of amides is 1. The van der Waals surface area contributed by atoms with Gasteiger partial charge in [-0.2, -0.15) is 5.10 Å². The minimum absolute atomic E-state index is 0.0276. The summed E-state index contributed by atoms with van der Waals surface area (Å²) in [5.74, 6) is 0.400. The zero-order valence-corrected chi connectivity index (χ0v) is 11.5. The molecule has 3 rings (SSSR count). The number of rotatable bonds is 4. The van der Waals surface area contributed by atoms with Crippen LogP contribution in [0.4, 0.5) is 5.69 Å². The van der Waals surface area contributed by atoms with Crippen molar-refractivity contribution in [2.75, 3.05) is 11.9 Å². The summed E-state index contributed by atoms with van der Waals surface area (Å²) in [4.78, 5) is 16.5. The largest absolute Gasteiger partial charge is 0.364 e. The highest BCUT2D eigenvalue weighted by Crippen LogP contribution is 2.22. The van der Waals surface area contributed by atoms with Crippen LogP contribution in [0, 0.1) is 0 Å². The maximum atomic E-state index is 12.3. The molecule has 2 unspecified atom stereocenters. The van der Waals surface area contributed by atoms with Crippen LogP contribution in [0.2, 0.25) is 0 Å². The smallest absolute Gasteiger partial charge is 0.253 e. The van der Waals surface area contributed by atoms with E-state index in [1.807, 2.05) is 0 Å².